The molecule has 0 aromatic heterocycles. The number of halogens is 3. The lowest BCUT2D eigenvalue weighted by atomic mass is 10.1. The molecule has 1 fully saturated rings. The summed E-state index contributed by atoms with van der Waals surface area (Å²) in [6.07, 6.45) is -3.78. The summed E-state index contributed by atoms with van der Waals surface area (Å²) in [5, 5.41) is 3.28. The molecule has 0 amide bonds. The van der Waals surface area contributed by atoms with Crippen LogP contribution in [0.15, 0.2) is 0 Å². The Kier molecular flexibility index (Phi) is 4.86. The summed E-state index contributed by atoms with van der Waals surface area (Å²) in [7, 11) is 0. The molecular formula is C10H19F3N2. The summed E-state index contributed by atoms with van der Waals surface area (Å²) >= 11 is 0. The summed E-state index contributed by atoms with van der Waals surface area (Å²) in [6.45, 7) is 5.57. The normalized spacial score (nSPS) is 26.0. The molecule has 0 bridgehead atoms. The molecule has 5 heteroatoms. The van der Waals surface area contributed by atoms with Gasteiger partial charge in [-0.05, 0) is 32.0 Å². The molecule has 1 aliphatic heterocycles. The lowest BCUT2D eigenvalue weighted by Gasteiger charge is -2.28. The topological polar surface area (TPSA) is 15.3 Å². The SMILES string of the molecule is CC1CNCCCN(CCC(F)(F)F)C1. The van der Waals surface area contributed by atoms with Crippen molar-refractivity contribution >= 4 is 0 Å². The first kappa shape index (κ1) is 12.8. The molecule has 2 nitrogen and oxygen atoms in total. The Morgan fingerprint density at radius 3 is 2.80 bits per heavy atom. The molecule has 1 aliphatic rings. The highest BCUT2D eigenvalue weighted by molar-refractivity contribution is 4.70. The first-order chi connectivity index (χ1) is 6.97. The molecule has 90 valence electrons. The van der Waals surface area contributed by atoms with Crippen LogP contribution < -0.4 is 5.32 Å². The van der Waals surface area contributed by atoms with E-state index in [0.717, 1.165) is 32.6 Å². The van der Waals surface area contributed by atoms with E-state index in [1.54, 1.807) is 0 Å². The Hall–Kier alpha value is -0.290. The van der Waals surface area contributed by atoms with Crippen LogP contribution in [0.2, 0.25) is 0 Å². The summed E-state index contributed by atoms with van der Waals surface area (Å²) in [4.78, 5) is 1.93. The first-order valence-corrected chi connectivity index (χ1v) is 5.47. The molecule has 0 saturated carbocycles. The van der Waals surface area contributed by atoms with Crippen molar-refractivity contribution in [2.75, 3.05) is 32.7 Å². The molecular weight excluding hydrogens is 205 g/mol. The van der Waals surface area contributed by atoms with Crippen LogP contribution >= 0.6 is 0 Å². The van der Waals surface area contributed by atoms with E-state index in [1.165, 1.54) is 0 Å². The third-order valence-electron chi connectivity index (χ3n) is 2.60. The number of nitrogens with one attached hydrogen (secondary N) is 1. The van der Waals surface area contributed by atoms with Crippen molar-refractivity contribution in [2.24, 2.45) is 5.92 Å². The van der Waals surface area contributed by atoms with Crippen molar-refractivity contribution in [3.8, 4) is 0 Å². The highest BCUT2D eigenvalue weighted by Crippen LogP contribution is 2.20. The number of alkyl halides is 3. The van der Waals surface area contributed by atoms with Crippen LogP contribution in [0.25, 0.3) is 0 Å². The van der Waals surface area contributed by atoms with Crippen LogP contribution in [0.4, 0.5) is 13.2 Å². The maximum atomic E-state index is 12.1. The van der Waals surface area contributed by atoms with E-state index in [4.69, 9.17) is 0 Å². The zero-order chi connectivity index (χ0) is 11.3. The van der Waals surface area contributed by atoms with Crippen LogP contribution in [0.3, 0.4) is 0 Å². The van der Waals surface area contributed by atoms with Crippen molar-refractivity contribution in [1.29, 1.82) is 0 Å². The fourth-order valence-corrected chi connectivity index (χ4v) is 1.86. The maximum absolute atomic E-state index is 12.1. The van der Waals surface area contributed by atoms with E-state index in [-0.39, 0.29) is 6.54 Å². The van der Waals surface area contributed by atoms with Crippen molar-refractivity contribution in [1.82, 2.24) is 10.2 Å². The Bertz CT molecular complexity index is 182. The molecule has 1 atom stereocenters. The van der Waals surface area contributed by atoms with E-state index in [9.17, 15) is 13.2 Å². The molecule has 1 heterocycles. The van der Waals surface area contributed by atoms with Gasteiger partial charge in [-0.1, -0.05) is 6.92 Å². The molecule has 1 unspecified atom stereocenters. The van der Waals surface area contributed by atoms with Crippen molar-refractivity contribution in [3.63, 3.8) is 0 Å². The Morgan fingerprint density at radius 1 is 1.40 bits per heavy atom. The molecule has 1 N–H and O–H groups in total. The van der Waals surface area contributed by atoms with Gasteiger partial charge in [0.2, 0.25) is 0 Å². The molecule has 0 aliphatic carbocycles. The van der Waals surface area contributed by atoms with Gasteiger partial charge in [-0.25, -0.2) is 0 Å². The third-order valence-corrected chi connectivity index (χ3v) is 2.60. The Balaban J connectivity index is 2.31. The number of nitrogens with zero attached hydrogens (tertiary/aromatic N) is 1. The number of rotatable bonds is 2. The van der Waals surface area contributed by atoms with Gasteiger partial charge in [-0.15, -0.1) is 0 Å². The van der Waals surface area contributed by atoms with Crippen LogP contribution in [-0.2, 0) is 0 Å². The molecule has 15 heavy (non-hydrogen) atoms. The monoisotopic (exact) mass is 224 g/mol. The lowest BCUT2D eigenvalue weighted by Crippen LogP contribution is -2.40. The predicted molar refractivity (Wildman–Crippen MR) is 53.8 cm³/mol. The molecule has 1 saturated heterocycles. The highest BCUT2D eigenvalue weighted by atomic mass is 19.4. The predicted octanol–water partition coefficient (Wildman–Crippen LogP) is 1.87. The zero-order valence-corrected chi connectivity index (χ0v) is 9.11. The minimum atomic E-state index is -4.02. The third kappa shape index (κ3) is 5.99. The smallest absolute Gasteiger partial charge is 0.316 e. The van der Waals surface area contributed by atoms with Gasteiger partial charge in [-0.3, -0.25) is 0 Å². The summed E-state index contributed by atoms with van der Waals surface area (Å²) in [5.41, 5.74) is 0. The van der Waals surface area contributed by atoms with Crippen LogP contribution in [-0.4, -0.2) is 43.8 Å². The Morgan fingerprint density at radius 2 is 2.13 bits per heavy atom. The van der Waals surface area contributed by atoms with Gasteiger partial charge >= 0.3 is 6.18 Å². The van der Waals surface area contributed by atoms with Crippen LogP contribution in [0.1, 0.15) is 19.8 Å². The average molecular weight is 224 g/mol. The second-order valence-electron chi connectivity index (χ2n) is 4.33. The lowest BCUT2D eigenvalue weighted by molar-refractivity contribution is -0.138. The van der Waals surface area contributed by atoms with E-state index < -0.39 is 12.6 Å². The molecule has 0 radical (unpaired) electrons. The highest BCUT2D eigenvalue weighted by Gasteiger charge is 2.28. The second kappa shape index (κ2) is 5.70. The van der Waals surface area contributed by atoms with Crippen LogP contribution in [0, 0.1) is 5.92 Å². The molecule has 0 spiro atoms. The van der Waals surface area contributed by atoms with Crippen molar-refractivity contribution < 1.29 is 13.2 Å². The minimum absolute atomic E-state index is 0.147. The summed E-state index contributed by atoms with van der Waals surface area (Å²) in [6, 6.07) is 0. The van der Waals surface area contributed by atoms with Crippen molar-refractivity contribution in [3.05, 3.63) is 0 Å². The zero-order valence-electron chi connectivity index (χ0n) is 9.11. The van der Waals surface area contributed by atoms with E-state index >= 15 is 0 Å². The maximum Gasteiger partial charge on any atom is 0.390 e. The molecule has 1 rings (SSSR count). The summed E-state index contributed by atoms with van der Waals surface area (Å²) < 4.78 is 36.2. The number of hydrogen-bond acceptors (Lipinski definition) is 2. The van der Waals surface area contributed by atoms with E-state index in [2.05, 4.69) is 12.2 Å². The van der Waals surface area contributed by atoms with E-state index in [1.807, 2.05) is 4.90 Å². The van der Waals surface area contributed by atoms with Gasteiger partial charge in [0.15, 0.2) is 0 Å². The Labute approximate surface area is 88.8 Å². The molecule has 0 aromatic rings. The second-order valence-corrected chi connectivity index (χ2v) is 4.33. The van der Waals surface area contributed by atoms with Gasteiger partial charge < -0.3 is 10.2 Å². The quantitative estimate of drug-likeness (QED) is 0.770. The minimum Gasteiger partial charge on any atom is -0.316 e. The summed E-state index contributed by atoms with van der Waals surface area (Å²) in [5.74, 6) is 0.429. The average Bonchev–Trinajstić information content (AvgIpc) is 2.07. The fraction of sp³-hybridized carbons (Fsp3) is 1.00. The van der Waals surface area contributed by atoms with Crippen molar-refractivity contribution in [2.45, 2.75) is 25.9 Å². The molecule has 0 aromatic carbocycles. The van der Waals surface area contributed by atoms with Gasteiger partial charge in [-0.2, -0.15) is 13.2 Å². The largest absolute Gasteiger partial charge is 0.390 e. The van der Waals surface area contributed by atoms with Crippen LogP contribution in [0.5, 0.6) is 0 Å². The first-order valence-electron chi connectivity index (χ1n) is 5.47. The number of hydrogen-bond donors (Lipinski definition) is 1. The van der Waals surface area contributed by atoms with Gasteiger partial charge in [0.25, 0.3) is 0 Å². The van der Waals surface area contributed by atoms with E-state index in [0.29, 0.717) is 5.92 Å². The van der Waals surface area contributed by atoms with Gasteiger partial charge in [0, 0.05) is 13.1 Å². The van der Waals surface area contributed by atoms with Gasteiger partial charge in [0.05, 0.1) is 6.42 Å². The van der Waals surface area contributed by atoms with Gasteiger partial charge in [0.1, 0.15) is 0 Å². The standard InChI is InChI=1S/C10H19F3N2/c1-9-7-14-4-2-5-15(8-9)6-3-10(11,12)13/h9,14H,2-8H2,1H3. The fourth-order valence-electron chi connectivity index (χ4n) is 1.86.